The summed E-state index contributed by atoms with van der Waals surface area (Å²) in [5.74, 6) is -6.66. The molecule has 6 heteroatoms. The quantitative estimate of drug-likeness (QED) is 0.407. The number of nitrogens with zero attached hydrogens (tertiary/aromatic N) is 1. The average Bonchev–Trinajstić information content (AvgIpc) is 2.89. The van der Waals surface area contributed by atoms with Gasteiger partial charge in [0.25, 0.3) is 0 Å². The van der Waals surface area contributed by atoms with Crippen LogP contribution in [-0.4, -0.2) is 4.37 Å². The summed E-state index contributed by atoms with van der Waals surface area (Å²) in [4.78, 5) is 0.865. The van der Waals surface area contributed by atoms with Crippen molar-refractivity contribution in [2.75, 3.05) is 0 Å². The molecule has 0 atom stereocenters. The standard InChI is InChI=1S/C15H15F4NS/c1-6(2)9-5-8(20-21-9)11-10(7(3)4)12(16)14(18)15(19)13(11)17/h5-7H,1-4H3. The fourth-order valence-electron chi connectivity index (χ4n) is 2.12. The van der Waals surface area contributed by atoms with E-state index in [0.29, 0.717) is 0 Å². The molecule has 2 rings (SSSR count). The zero-order chi connectivity index (χ0) is 15.9. The van der Waals surface area contributed by atoms with Gasteiger partial charge in [-0.25, -0.2) is 17.6 Å². The van der Waals surface area contributed by atoms with Gasteiger partial charge in [-0.05, 0) is 29.4 Å². The van der Waals surface area contributed by atoms with Gasteiger partial charge < -0.3 is 0 Å². The Morgan fingerprint density at radius 1 is 0.857 bits per heavy atom. The monoisotopic (exact) mass is 317 g/mol. The third-order valence-electron chi connectivity index (χ3n) is 3.23. The van der Waals surface area contributed by atoms with Crippen LogP contribution in [0, 0.1) is 23.3 Å². The molecule has 0 bridgehead atoms. The third-order valence-corrected chi connectivity index (χ3v) is 4.32. The highest BCUT2D eigenvalue weighted by atomic mass is 32.1. The first-order valence-corrected chi connectivity index (χ1v) is 7.35. The number of hydrogen-bond donors (Lipinski definition) is 0. The van der Waals surface area contributed by atoms with Crippen molar-refractivity contribution in [3.05, 3.63) is 39.8 Å². The molecule has 0 amide bonds. The Balaban J connectivity index is 2.77. The Labute approximate surface area is 124 Å². The predicted octanol–water partition coefficient (Wildman–Crippen LogP) is 5.61. The number of benzene rings is 1. The molecule has 0 N–H and O–H groups in total. The number of rotatable bonds is 3. The molecule has 1 aromatic carbocycles. The second kappa shape index (κ2) is 5.75. The molecule has 0 unspecified atom stereocenters. The molecule has 0 radical (unpaired) electrons. The Kier molecular flexibility index (Phi) is 4.37. The van der Waals surface area contributed by atoms with Crippen molar-refractivity contribution in [2.45, 2.75) is 39.5 Å². The van der Waals surface area contributed by atoms with E-state index in [1.807, 2.05) is 13.8 Å². The van der Waals surface area contributed by atoms with E-state index in [1.165, 1.54) is 0 Å². The highest BCUT2D eigenvalue weighted by Crippen LogP contribution is 2.37. The molecule has 1 aromatic heterocycles. The van der Waals surface area contributed by atoms with Crippen LogP contribution >= 0.6 is 11.5 Å². The number of aromatic nitrogens is 1. The van der Waals surface area contributed by atoms with Gasteiger partial charge in [-0.2, -0.15) is 4.37 Å². The molecule has 0 aliphatic heterocycles. The minimum absolute atomic E-state index is 0.141. The van der Waals surface area contributed by atoms with Crippen LogP contribution in [0.5, 0.6) is 0 Å². The van der Waals surface area contributed by atoms with E-state index in [1.54, 1.807) is 19.9 Å². The van der Waals surface area contributed by atoms with Crippen LogP contribution < -0.4 is 0 Å². The summed E-state index contributed by atoms with van der Waals surface area (Å²) < 4.78 is 59.2. The highest BCUT2D eigenvalue weighted by Gasteiger charge is 2.28. The molecule has 0 saturated heterocycles. The van der Waals surface area contributed by atoms with Gasteiger partial charge in [0, 0.05) is 16.0 Å². The first-order valence-electron chi connectivity index (χ1n) is 6.58. The number of halogens is 4. The molecule has 2 aromatic rings. The fraction of sp³-hybridized carbons (Fsp3) is 0.400. The van der Waals surface area contributed by atoms with Crippen molar-refractivity contribution < 1.29 is 17.6 Å². The van der Waals surface area contributed by atoms with Crippen molar-refractivity contribution in [3.8, 4) is 11.3 Å². The lowest BCUT2D eigenvalue weighted by Crippen LogP contribution is -2.07. The summed E-state index contributed by atoms with van der Waals surface area (Å²) in [5.41, 5.74) is -0.334. The molecule has 1 nitrogen and oxygen atoms in total. The van der Waals surface area contributed by atoms with Crippen LogP contribution in [0.3, 0.4) is 0 Å². The fourth-order valence-corrected chi connectivity index (χ4v) is 2.84. The molecule has 0 aliphatic rings. The van der Waals surface area contributed by atoms with E-state index < -0.39 is 29.2 Å². The SMILES string of the molecule is CC(C)c1cc(-c2c(F)c(F)c(F)c(F)c2C(C)C)ns1. The lowest BCUT2D eigenvalue weighted by atomic mass is 9.93. The van der Waals surface area contributed by atoms with Gasteiger partial charge in [0.1, 0.15) is 0 Å². The summed E-state index contributed by atoms with van der Waals surface area (Å²) in [6.07, 6.45) is 0. The normalized spacial score (nSPS) is 11.7. The van der Waals surface area contributed by atoms with E-state index in [4.69, 9.17) is 0 Å². The zero-order valence-electron chi connectivity index (χ0n) is 12.1. The first kappa shape index (κ1) is 15.9. The Morgan fingerprint density at radius 3 is 1.90 bits per heavy atom. The molecule has 0 aliphatic carbocycles. The van der Waals surface area contributed by atoms with Crippen LogP contribution in [0.25, 0.3) is 11.3 Å². The summed E-state index contributed by atoms with van der Waals surface area (Å²) >= 11 is 1.14. The second-order valence-electron chi connectivity index (χ2n) is 5.47. The molecule has 0 fully saturated rings. The zero-order valence-corrected chi connectivity index (χ0v) is 12.9. The summed E-state index contributed by atoms with van der Waals surface area (Å²) in [6, 6.07) is 1.59. The van der Waals surface area contributed by atoms with Gasteiger partial charge in [0.2, 0.25) is 0 Å². The highest BCUT2D eigenvalue weighted by molar-refractivity contribution is 7.06. The molecular weight excluding hydrogens is 302 g/mol. The minimum Gasteiger partial charge on any atom is -0.203 e. The molecule has 1 heterocycles. The lowest BCUT2D eigenvalue weighted by Gasteiger charge is -2.14. The van der Waals surface area contributed by atoms with Gasteiger partial charge in [-0.1, -0.05) is 27.7 Å². The van der Waals surface area contributed by atoms with Crippen LogP contribution in [-0.2, 0) is 0 Å². The van der Waals surface area contributed by atoms with Gasteiger partial charge in [0.05, 0.1) is 5.69 Å². The second-order valence-corrected chi connectivity index (χ2v) is 6.31. The Bertz CT molecular complexity index is 677. The number of hydrogen-bond acceptors (Lipinski definition) is 2. The minimum atomic E-state index is -1.80. The summed E-state index contributed by atoms with van der Waals surface area (Å²) in [5, 5.41) is 0. The van der Waals surface area contributed by atoms with E-state index in [-0.39, 0.29) is 22.7 Å². The van der Waals surface area contributed by atoms with Crippen molar-refractivity contribution in [1.29, 1.82) is 0 Å². The van der Waals surface area contributed by atoms with Crippen molar-refractivity contribution >= 4 is 11.5 Å². The van der Waals surface area contributed by atoms with E-state index >= 15 is 0 Å². The molecule has 0 spiro atoms. The lowest BCUT2D eigenvalue weighted by molar-refractivity contribution is 0.403. The van der Waals surface area contributed by atoms with Crippen LogP contribution in [0.15, 0.2) is 6.07 Å². The van der Waals surface area contributed by atoms with E-state index in [0.717, 1.165) is 16.4 Å². The van der Waals surface area contributed by atoms with Gasteiger partial charge >= 0.3 is 0 Å². The predicted molar refractivity (Wildman–Crippen MR) is 75.6 cm³/mol. The van der Waals surface area contributed by atoms with E-state index in [2.05, 4.69) is 4.37 Å². The third kappa shape index (κ3) is 2.69. The van der Waals surface area contributed by atoms with Crippen LogP contribution in [0.4, 0.5) is 17.6 Å². The maximum atomic E-state index is 14.1. The Morgan fingerprint density at radius 2 is 1.43 bits per heavy atom. The molecular formula is C15H15F4NS. The van der Waals surface area contributed by atoms with Crippen molar-refractivity contribution in [3.63, 3.8) is 0 Å². The summed E-state index contributed by atoms with van der Waals surface area (Å²) in [7, 11) is 0. The van der Waals surface area contributed by atoms with Crippen molar-refractivity contribution in [2.24, 2.45) is 0 Å². The van der Waals surface area contributed by atoms with Crippen LogP contribution in [0.2, 0.25) is 0 Å². The topological polar surface area (TPSA) is 12.9 Å². The van der Waals surface area contributed by atoms with Crippen LogP contribution in [0.1, 0.15) is 50.0 Å². The smallest absolute Gasteiger partial charge is 0.198 e. The first-order chi connectivity index (χ1) is 9.75. The van der Waals surface area contributed by atoms with Gasteiger partial charge in [0.15, 0.2) is 23.3 Å². The largest absolute Gasteiger partial charge is 0.203 e. The molecule has 21 heavy (non-hydrogen) atoms. The van der Waals surface area contributed by atoms with E-state index in [9.17, 15) is 17.6 Å². The average molecular weight is 317 g/mol. The van der Waals surface area contributed by atoms with Gasteiger partial charge in [-0.15, -0.1) is 0 Å². The van der Waals surface area contributed by atoms with Crippen molar-refractivity contribution in [1.82, 2.24) is 4.37 Å². The Hall–Kier alpha value is -1.43. The molecule has 114 valence electrons. The summed E-state index contributed by atoms with van der Waals surface area (Å²) in [6.45, 7) is 7.05. The van der Waals surface area contributed by atoms with Gasteiger partial charge in [-0.3, -0.25) is 0 Å². The maximum absolute atomic E-state index is 14.1. The molecule has 0 saturated carbocycles. The maximum Gasteiger partial charge on any atom is 0.198 e.